The van der Waals surface area contributed by atoms with Crippen LogP contribution in [0.4, 0.5) is 10.5 Å². The fourth-order valence-corrected chi connectivity index (χ4v) is 1.55. The first-order valence-electron chi connectivity index (χ1n) is 8.61. The van der Waals surface area contributed by atoms with Crippen molar-refractivity contribution < 1.29 is 17.8 Å². The Kier molecular flexibility index (Phi) is 2.57. The lowest BCUT2D eigenvalue weighted by atomic mass is 10.3. The zero-order valence-electron chi connectivity index (χ0n) is 16.3. The molecule has 20 heavy (non-hydrogen) atoms. The summed E-state index contributed by atoms with van der Waals surface area (Å²) in [4.78, 5) is 11.9. The minimum absolute atomic E-state index is 0.155. The van der Waals surface area contributed by atoms with Crippen molar-refractivity contribution >= 4 is 23.3 Å². The van der Waals surface area contributed by atoms with E-state index in [0.717, 1.165) is 0 Å². The van der Waals surface area contributed by atoms with Crippen molar-refractivity contribution in [1.29, 1.82) is 0 Å². The number of amides is 2. The van der Waals surface area contributed by atoms with Gasteiger partial charge in [-0.15, -0.1) is 0 Å². The SMILES string of the molecule is [2H]C([2H])([2H])N(C(=O)Nc1ccc(Oc2ccc(Cl)cc2)cc1)C([2H])([2H])[2H]. The van der Waals surface area contributed by atoms with E-state index < -0.39 is 20.0 Å². The molecule has 0 aromatic heterocycles. The summed E-state index contributed by atoms with van der Waals surface area (Å²) in [6.45, 7) is -6.21. The zero-order chi connectivity index (χ0) is 19.5. The first kappa shape index (κ1) is 8.17. The van der Waals surface area contributed by atoms with E-state index in [0.29, 0.717) is 16.5 Å². The van der Waals surface area contributed by atoms with E-state index in [1.807, 2.05) is 0 Å². The molecule has 0 atom stereocenters. The lowest BCUT2D eigenvalue weighted by Crippen LogP contribution is -2.27. The Morgan fingerprint density at radius 2 is 1.65 bits per heavy atom. The van der Waals surface area contributed by atoms with Crippen LogP contribution in [0.15, 0.2) is 48.5 Å². The van der Waals surface area contributed by atoms with Gasteiger partial charge in [-0.05, 0) is 48.5 Å². The van der Waals surface area contributed by atoms with Gasteiger partial charge in [-0.3, -0.25) is 0 Å². The molecule has 0 heterocycles. The van der Waals surface area contributed by atoms with Gasteiger partial charge in [-0.2, -0.15) is 0 Å². The number of nitrogens with one attached hydrogen (secondary N) is 1. The number of urea groups is 1. The number of carbonyl (C=O) groups is 1. The van der Waals surface area contributed by atoms with Gasteiger partial charge in [-0.25, -0.2) is 4.79 Å². The highest BCUT2D eigenvalue weighted by Crippen LogP contribution is 2.24. The van der Waals surface area contributed by atoms with Crippen LogP contribution in [0.25, 0.3) is 0 Å². The first-order chi connectivity index (χ1) is 12.0. The highest BCUT2D eigenvalue weighted by atomic mass is 35.5. The van der Waals surface area contributed by atoms with E-state index in [9.17, 15) is 4.79 Å². The van der Waals surface area contributed by atoms with Gasteiger partial charge in [0.25, 0.3) is 0 Å². The van der Waals surface area contributed by atoms with E-state index in [4.69, 9.17) is 24.6 Å². The fourth-order valence-electron chi connectivity index (χ4n) is 1.42. The third-order valence-corrected chi connectivity index (χ3v) is 2.61. The van der Waals surface area contributed by atoms with Crippen LogP contribution >= 0.6 is 11.6 Å². The maximum atomic E-state index is 12.1. The molecule has 2 rings (SSSR count). The highest BCUT2D eigenvalue weighted by molar-refractivity contribution is 6.30. The van der Waals surface area contributed by atoms with Crippen molar-refractivity contribution in [1.82, 2.24) is 4.90 Å². The summed E-state index contributed by atoms with van der Waals surface area (Å²) >= 11 is 5.79. The molecule has 0 radical (unpaired) electrons. The van der Waals surface area contributed by atoms with Gasteiger partial charge in [-0.1, -0.05) is 11.6 Å². The summed E-state index contributed by atoms with van der Waals surface area (Å²) in [6, 6.07) is 11.5. The van der Waals surface area contributed by atoms with Crippen LogP contribution in [-0.4, -0.2) is 24.9 Å². The topological polar surface area (TPSA) is 41.6 Å². The van der Waals surface area contributed by atoms with Crippen molar-refractivity contribution in [3.8, 4) is 11.5 Å². The lowest BCUT2D eigenvalue weighted by molar-refractivity contribution is 0.230. The molecule has 2 aromatic rings. The van der Waals surface area contributed by atoms with Crippen molar-refractivity contribution in [2.75, 3.05) is 19.3 Å². The molecule has 104 valence electrons. The second-order valence-corrected chi connectivity index (χ2v) is 4.28. The Hall–Kier alpha value is -2.20. The molecule has 0 fully saturated rings. The molecule has 0 saturated carbocycles. The quantitative estimate of drug-likeness (QED) is 0.921. The van der Waals surface area contributed by atoms with Crippen molar-refractivity contribution in [2.45, 2.75) is 0 Å². The van der Waals surface area contributed by atoms with Gasteiger partial charge in [0.2, 0.25) is 0 Å². The van der Waals surface area contributed by atoms with E-state index >= 15 is 0 Å². The highest BCUT2D eigenvalue weighted by Gasteiger charge is 2.04. The Morgan fingerprint density at radius 1 is 1.10 bits per heavy atom. The monoisotopic (exact) mass is 296 g/mol. The molecule has 1 N–H and O–H groups in total. The number of hydrogen-bond donors (Lipinski definition) is 1. The molecule has 0 aliphatic rings. The summed E-state index contributed by atoms with van der Waals surface area (Å²) in [5.74, 6) is 1.02. The number of ether oxygens (including phenoxy) is 1. The Balaban J connectivity index is 2.08. The molecule has 0 bridgehead atoms. The summed E-state index contributed by atoms with van der Waals surface area (Å²) in [5, 5.41) is 2.82. The third kappa shape index (κ3) is 3.90. The molecule has 0 aliphatic heterocycles. The van der Waals surface area contributed by atoms with Gasteiger partial charge >= 0.3 is 6.03 Å². The maximum absolute atomic E-state index is 12.1. The van der Waals surface area contributed by atoms with Crippen LogP contribution in [0.5, 0.6) is 11.5 Å². The normalized spacial score (nSPS) is 15.7. The van der Waals surface area contributed by atoms with Gasteiger partial charge in [0, 0.05) is 32.9 Å². The Labute approximate surface area is 131 Å². The molecule has 0 spiro atoms. The Bertz CT molecular complexity index is 746. The first-order valence-corrected chi connectivity index (χ1v) is 5.99. The minimum atomic E-state index is -3.10. The molecule has 0 aliphatic carbocycles. The van der Waals surface area contributed by atoms with Gasteiger partial charge in [0.1, 0.15) is 11.5 Å². The molecule has 0 unspecified atom stereocenters. The lowest BCUT2D eigenvalue weighted by Gasteiger charge is -2.12. The van der Waals surface area contributed by atoms with E-state index in [1.54, 1.807) is 36.4 Å². The molecule has 4 nitrogen and oxygen atoms in total. The van der Waals surface area contributed by atoms with Crippen LogP contribution in [0.2, 0.25) is 5.02 Å². The molecular formula is C15H15ClN2O2. The molecule has 0 saturated heterocycles. The van der Waals surface area contributed by atoms with Crippen LogP contribution in [0.3, 0.4) is 0 Å². The summed E-state index contributed by atoms with van der Waals surface area (Å²) in [6.07, 6.45) is 0. The average molecular weight is 297 g/mol. The number of carbonyl (C=O) groups excluding carboxylic acids is 1. The van der Waals surface area contributed by atoms with Crippen LogP contribution in [0, 0.1) is 0 Å². The number of rotatable bonds is 3. The summed E-state index contributed by atoms with van der Waals surface area (Å²) in [5.41, 5.74) is 0.219. The van der Waals surface area contributed by atoms with Gasteiger partial charge in [0.15, 0.2) is 0 Å². The number of halogens is 1. The average Bonchev–Trinajstić information content (AvgIpc) is 2.48. The predicted molar refractivity (Wildman–Crippen MR) is 80.7 cm³/mol. The van der Waals surface area contributed by atoms with E-state index in [-0.39, 0.29) is 10.6 Å². The second kappa shape index (κ2) is 6.30. The number of benzene rings is 2. The van der Waals surface area contributed by atoms with Crippen molar-refractivity contribution in [2.24, 2.45) is 0 Å². The van der Waals surface area contributed by atoms with E-state index in [1.165, 1.54) is 12.1 Å². The fraction of sp³-hybridized carbons (Fsp3) is 0.133. The van der Waals surface area contributed by atoms with Crippen LogP contribution in [0.1, 0.15) is 8.22 Å². The van der Waals surface area contributed by atoms with E-state index in [2.05, 4.69) is 5.32 Å². The zero-order valence-corrected chi connectivity index (χ0v) is 11.0. The predicted octanol–water partition coefficient (Wildman–Crippen LogP) is 4.23. The van der Waals surface area contributed by atoms with Crippen molar-refractivity contribution in [3.05, 3.63) is 53.6 Å². The minimum Gasteiger partial charge on any atom is -0.457 e. The molecular weight excluding hydrogens is 276 g/mol. The number of hydrogen-bond acceptors (Lipinski definition) is 2. The Morgan fingerprint density at radius 3 is 2.20 bits per heavy atom. The van der Waals surface area contributed by atoms with Crippen LogP contribution < -0.4 is 10.1 Å². The number of anilines is 1. The largest absolute Gasteiger partial charge is 0.457 e. The van der Waals surface area contributed by atoms with Gasteiger partial charge < -0.3 is 15.0 Å². The summed E-state index contributed by atoms with van der Waals surface area (Å²) in [7, 11) is 0. The molecule has 2 amide bonds. The molecule has 2 aromatic carbocycles. The summed E-state index contributed by atoms with van der Waals surface area (Å²) < 4.78 is 48.9. The maximum Gasteiger partial charge on any atom is 0.321 e. The molecule has 5 heteroatoms. The third-order valence-electron chi connectivity index (χ3n) is 2.36. The number of nitrogens with zero attached hydrogens (tertiary/aromatic N) is 1. The van der Waals surface area contributed by atoms with Crippen LogP contribution in [-0.2, 0) is 0 Å². The van der Waals surface area contributed by atoms with Gasteiger partial charge in [0.05, 0.1) is 0 Å². The van der Waals surface area contributed by atoms with Crippen molar-refractivity contribution in [3.63, 3.8) is 0 Å². The standard InChI is InChI=1S/C15H15ClN2O2/c1-18(2)15(19)17-12-5-9-14(10-6-12)20-13-7-3-11(16)4-8-13/h3-10H,1-2H3,(H,17,19)/i1D3,2D3. The smallest absolute Gasteiger partial charge is 0.321 e. The second-order valence-electron chi connectivity index (χ2n) is 3.85.